The van der Waals surface area contributed by atoms with Crippen molar-refractivity contribution < 1.29 is 9.59 Å². The van der Waals surface area contributed by atoms with Crippen molar-refractivity contribution in [1.29, 1.82) is 0 Å². The Morgan fingerprint density at radius 1 is 0.839 bits per heavy atom. The van der Waals surface area contributed by atoms with Crippen LogP contribution in [-0.4, -0.2) is 34.4 Å². The maximum absolute atomic E-state index is 12.8. The lowest BCUT2D eigenvalue weighted by Crippen LogP contribution is -2.36. The van der Waals surface area contributed by atoms with Gasteiger partial charge in [0.2, 0.25) is 0 Å². The zero-order valence-corrected chi connectivity index (χ0v) is 17.5. The summed E-state index contributed by atoms with van der Waals surface area (Å²) < 4.78 is 1.34. The van der Waals surface area contributed by atoms with E-state index in [4.69, 9.17) is 0 Å². The van der Waals surface area contributed by atoms with Gasteiger partial charge in [-0.25, -0.2) is 0 Å². The number of benzene rings is 2. The molecule has 0 bridgehead atoms. The molecular formula is C25H25N3O3. The summed E-state index contributed by atoms with van der Waals surface area (Å²) in [7, 11) is 1.58. The number of nitrogens with zero attached hydrogens (tertiary/aromatic N) is 2. The molecule has 2 amide bonds. The van der Waals surface area contributed by atoms with E-state index in [1.54, 1.807) is 24.1 Å². The van der Waals surface area contributed by atoms with Gasteiger partial charge in [0.25, 0.3) is 17.4 Å². The average molecular weight is 415 g/mol. The molecular weight excluding hydrogens is 390 g/mol. The number of anilines is 1. The van der Waals surface area contributed by atoms with Crippen LogP contribution in [-0.2, 0) is 7.05 Å². The van der Waals surface area contributed by atoms with E-state index < -0.39 is 0 Å². The van der Waals surface area contributed by atoms with Crippen LogP contribution in [0.15, 0.2) is 71.7 Å². The van der Waals surface area contributed by atoms with Gasteiger partial charge < -0.3 is 14.8 Å². The molecule has 6 heteroatoms. The van der Waals surface area contributed by atoms with Crippen LogP contribution in [0.4, 0.5) is 5.69 Å². The third kappa shape index (κ3) is 4.58. The Labute approximate surface area is 181 Å². The van der Waals surface area contributed by atoms with Crippen molar-refractivity contribution in [3.05, 3.63) is 88.3 Å². The second-order valence-corrected chi connectivity index (χ2v) is 7.81. The second kappa shape index (κ2) is 9.00. The first-order chi connectivity index (χ1) is 15.0. The molecule has 1 aliphatic heterocycles. The fraction of sp³-hybridized carbons (Fsp3) is 0.240. The zero-order chi connectivity index (χ0) is 21.8. The van der Waals surface area contributed by atoms with Gasteiger partial charge in [0.15, 0.2) is 0 Å². The maximum Gasteiger partial charge on any atom is 0.274 e. The Morgan fingerprint density at radius 2 is 1.48 bits per heavy atom. The number of carbonyl (C=O) groups is 2. The normalized spacial score (nSPS) is 13.6. The summed E-state index contributed by atoms with van der Waals surface area (Å²) in [5, 5.41) is 2.68. The molecule has 1 N–H and O–H groups in total. The Hall–Kier alpha value is -3.67. The lowest BCUT2D eigenvalue weighted by molar-refractivity contribution is 0.0723. The summed E-state index contributed by atoms with van der Waals surface area (Å²) >= 11 is 0. The van der Waals surface area contributed by atoms with Gasteiger partial charge in [0.1, 0.15) is 5.69 Å². The largest absolute Gasteiger partial charge is 0.339 e. The van der Waals surface area contributed by atoms with Crippen LogP contribution in [0.25, 0.3) is 11.1 Å². The van der Waals surface area contributed by atoms with Gasteiger partial charge in [-0.1, -0.05) is 42.5 Å². The molecule has 0 unspecified atom stereocenters. The average Bonchev–Trinajstić information content (AvgIpc) is 2.82. The fourth-order valence-electron chi connectivity index (χ4n) is 3.84. The van der Waals surface area contributed by atoms with Gasteiger partial charge in [0, 0.05) is 31.9 Å². The van der Waals surface area contributed by atoms with Crippen molar-refractivity contribution in [3.8, 4) is 11.1 Å². The van der Waals surface area contributed by atoms with E-state index in [1.807, 2.05) is 42.5 Å². The lowest BCUT2D eigenvalue weighted by Gasteiger charge is -2.27. The molecule has 2 aromatic carbocycles. The van der Waals surface area contributed by atoms with Crippen molar-refractivity contribution >= 4 is 17.5 Å². The topological polar surface area (TPSA) is 71.4 Å². The van der Waals surface area contributed by atoms with Crippen LogP contribution >= 0.6 is 0 Å². The highest BCUT2D eigenvalue weighted by Gasteiger charge is 2.20. The maximum atomic E-state index is 12.8. The fourth-order valence-corrected chi connectivity index (χ4v) is 3.84. The standard InChI is InChI=1S/C25H25N3O3/c1-27-17-21(24(30)28-14-6-3-7-15-28)16-22(25(27)31)26-23(29)20-12-10-19(11-13-20)18-8-4-2-5-9-18/h2,4-5,8-13,16-17H,3,6-7,14-15H2,1H3,(H,26,29). The van der Waals surface area contributed by atoms with Crippen LogP contribution in [0.1, 0.15) is 40.0 Å². The molecule has 158 valence electrons. The van der Waals surface area contributed by atoms with E-state index >= 15 is 0 Å². The Bertz CT molecular complexity index is 1140. The summed E-state index contributed by atoms with van der Waals surface area (Å²) in [6.45, 7) is 1.44. The van der Waals surface area contributed by atoms with Crippen LogP contribution in [0.2, 0.25) is 0 Å². The first-order valence-electron chi connectivity index (χ1n) is 10.5. The molecule has 0 spiro atoms. The van der Waals surface area contributed by atoms with Gasteiger partial charge in [-0.05, 0) is 48.6 Å². The summed E-state index contributed by atoms with van der Waals surface area (Å²) in [6, 6.07) is 18.6. The minimum Gasteiger partial charge on any atom is -0.339 e. The highest BCUT2D eigenvalue weighted by atomic mass is 16.2. The van der Waals surface area contributed by atoms with Crippen LogP contribution < -0.4 is 10.9 Å². The highest BCUT2D eigenvalue weighted by molar-refractivity contribution is 6.05. The molecule has 3 aromatic rings. The van der Waals surface area contributed by atoms with E-state index in [0.29, 0.717) is 11.1 Å². The third-order valence-corrected chi connectivity index (χ3v) is 5.58. The van der Waals surface area contributed by atoms with Crippen molar-refractivity contribution in [1.82, 2.24) is 9.47 Å². The molecule has 0 saturated carbocycles. The molecule has 1 saturated heterocycles. The summed E-state index contributed by atoms with van der Waals surface area (Å²) in [5.41, 5.74) is 2.65. The van der Waals surface area contributed by atoms with Gasteiger partial charge in [-0.2, -0.15) is 0 Å². The number of aryl methyl sites for hydroxylation is 1. The quantitative estimate of drug-likeness (QED) is 0.702. The predicted molar refractivity (Wildman–Crippen MR) is 121 cm³/mol. The number of pyridine rings is 1. The molecule has 0 aliphatic carbocycles. The van der Waals surface area contributed by atoms with Crippen LogP contribution in [0, 0.1) is 0 Å². The molecule has 6 nitrogen and oxygen atoms in total. The molecule has 2 heterocycles. The number of carbonyl (C=O) groups excluding carboxylic acids is 2. The Balaban J connectivity index is 1.54. The van der Waals surface area contributed by atoms with Gasteiger partial charge in [0.05, 0.1) is 5.56 Å². The van der Waals surface area contributed by atoms with E-state index in [2.05, 4.69) is 5.32 Å². The smallest absolute Gasteiger partial charge is 0.274 e. The minimum absolute atomic E-state index is 0.0995. The number of piperidine rings is 1. The number of likely N-dealkylation sites (tertiary alicyclic amines) is 1. The SMILES string of the molecule is Cn1cc(C(=O)N2CCCCC2)cc(NC(=O)c2ccc(-c3ccccc3)cc2)c1=O. The van der Waals surface area contributed by atoms with Gasteiger partial charge >= 0.3 is 0 Å². The van der Waals surface area contributed by atoms with E-state index in [9.17, 15) is 14.4 Å². The molecule has 1 aromatic heterocycles. The molecule has 0 radical (unpaired) electrons. The highest BCUT2D eigenvalue weighted by Crippen LogP contribution is 2.20. The number of hydrogen-bond acceptors (Lipinski definition) is 3. The van der Waals surface area contributed by atoms with Crippen molar-refractivity contribution in [3.63, 3.8) is 0 Å². The third-order valence-electron chi connectivity index (χ3n) is 5.58. The molecule has 4 rings (SSSR count). The number of aromatic nitrogens is 1. The van der Waals surface area contributed by atoms with Gasteiger partial charge in [-0.15, -0.1) is 0 Å². The zero-order valence-electron chi connectivity index (χ0n) is 17.5. The van der Waals surface area contributed by atoms with Crippen LogP contribution in [0.3, 0.4) is 0 Å². The van der Waals surface area contributed by atoms with E-state index in [1.165, 1.54) is 16.8 Å². The lowest BCUT2D eigenvalue weighted by atomic mass is 10.0. The van der Waals surface area contributed by atoms with Crippen molar-refractivity contribution in [2.75, 3.05) is 18.4 Å². The summed E-state index contributed by atoms with van der Waals surface area (Å²) in [6.07, 6.45) is 4.63. The summed E-state index contributed by atoms with van der Waals surface area (Å²) in [5.74, 6) is -0.503. The first kappa shape index (κ1) is 20.6. The van der Waals surface area contributed by atoms with Crippen molar-refractivity contribution in [2.24, 2.45) is 7.05 Å². The Kier molecular flexibility index (Phi) is 5.98. The molecule has 0 atom stereocenters. The monoisotopic (exact) mass is 415 g/mol. The molecule has 1 fully saturated rings. The number of rotatable bonds is 4. The molecule has 31 heavy (non-hydrogen) atoms. The van der Waals surface area contributed by atoms with Crippen molar-refractivity contribution in [2.45, 2.75) is 19.3 Å². The minimum atomic E-state index is -0.390. The Morgan fingerprint density at radius 3 is 2.16 bits per heavy atom. The van der Waals surface area contributed by atoms with Gasteiger partial charge in [-0.3, -0.25) is 14.4 Å². The number of nitrogens with one attached hydrogen (secondary N) is 1. The van der Waals surface area contributed by atoms with E-state index in [0.717, 1.165) is 43.5 Å². The number of hydrogen-bond donors (Lipinski definition) is 1. The predicted octanol–water partition coefficient (Wildman–Crippen LogP) is 3.93. The molecule has 1 aliphatic rings. The first-order valence-corrected chi connectivity index (χ1v) is 10.5. The second-order valence-electron chi connectivity index (χ2n) is 7.81. The summed E-state index contributed by atoms with van der Waals surface area (Å²) in [4.78, 5) is 39.9. The number of amides is 2. The van der Waals surface area contributed by atoms with E-state index in [-0.39, 0.29) is 23.1 Å². The van der Waals surface area contributed by atoms with Crippen LogP contribution in [0.5, 0.6) is 0 Å².